The molecule has 0 fully saturated rings. The predicted molar refractivity (Wildman–Crippen MR) is 566 cm³/mol. The van der Waals surface area contributed by atoms with E-state index in [1.807, 2.05) is 24.8 Å². The van der Waals surface area contributed by atoms with Gasteiger partial charge in [-0.2, -0.15) is 11.4 Å². The third-order valence-corrected chi connectivity index (χ3v) is 22.7. The molecule has 8 aromatic rings. The van der Waals surface area contributed by atoms with Crippen LogP contribution in [0.4, 0.5) is 34.1 Å². The molecule has 2 heterocycles. The number of unbranched alkanes of at least 4 members (excludes halogenated alkanes) is 3. The van der Waals surface area contributed by atoms with E-state index in [-0.39, 0.29) is 66.6 Å². The van der Waals surface area contributed by atoms with Gasteiger partial charge in [0.05, 0.1) is 11.4 Å². The zero-order valence-corrected chi connectivity index (χ0v) is 91.5. The largest absolute Gasteiger partial charge is 2.00 e. The fourth-order valence-electron chi connectivity index (χ4n) is 14.3. The van der Waals surface area contributed by atoms with Crippen LogP contribution in [0.2, 0.25) is 0 Å². The van der Waals surface area contributed by atoms with Gasteiger partial charge in [-0.25, -0.2) is 0 Å². The predicted octanol–water partition coefficient (Wildman–Crippen LogP) is 40.4. The molecule has 8 rings (SSSR count). The SMILES string of the molecule is CC(C)(C)c1ccncc1.CC(C)(C)c1ccncc1.CC(C)c1cccc(C(C)C)c1N=C(/C=C(\[N-]c1c(C(C)C)cccc1C(C)C)C(C)(C)C)C(C)(C)C.CC(C)c1cccc(C(C)C)c1N=C(/C=C(\[N-]c1c(C(C)C)cccc1C(C)C)C(C)(C)C)C(C)(C)C.CC(C)c1cccc(C(C)C)c1[NH-].CC(C)c1cccc(C(C)C)c1[NH-].CCCCCC.[Fe+2].[Fe+2]. The van der Waals surface area contributed by atoms with Gasteiger partial charge in [0.25, 0.3) is 0 Å². The average molecular weight is 1820 g/mol. The van der Waals surface area contributed by atoms with Crippen LogP contribution in [-0.2, 0) is 45.0 Å². The molecule has 0 aliphatic rings. The topological polar surface area (TPSA) is 126 Å². The number of allylic oxidation sites excluding steroid dienone is 4. The Morgan fingerprint density at radius 3 is 0.609 bits per heavy atom. The van der Waals surface area contributed by atoms with Crippen molar-refractivity contribution < 1.29 is 34.1 Å². The van der Waals surface area contributed by atoms with Gasteiger partial charge in [-0.1, -0.05) is 496 Å². The fourth-order valence-corrected chi connectivity index (χ4v) is 14.3. The number of aliphatic imine (C=N–C) groups is 2. The van der Waals surface area contributed by atoms with Gasteiger partial charge in [0, 0.05) is 47.0 Å². The average Bonchev–Trinajstić information content (AvgIpc) is 0.790. The maximum Gasteiger partial charge on any atom is 2.00 e. The monoisotopic (exact) mass is 1820 g/mol. The second-order valence-electron chi connectivity index (χ2n) is 44.6. The van der Waals surface area contributed by atoms with Crippen LogP contribution in [0, 0.1) is 21.7 Å². The molecular formula is C118H182Fe2N8. The summed E-state index contributed by atoms with van der Waals surface area (Å²) in [7, 11) is 0. The first kappa shape index (κ1) is 121. The molecule has 0 aliphatic heterocycles. The Morgan fingerprint density at radius 1 is 0.281 bits per heavy atom. The summed E-state index contributed by atoms with van der Waals surface area (Å²) < 4.78 is 0. The van der Waals surface area contributed by atoms with Crippen molar-refractivity contribution in [3.63, 3.8) is 0 Å². The molecule has 6 aromatic carbocycles. The van der Waals surface area contributed by atoms with E-state index in [1.165, 1.54) is 81.3 Å². The number of benzene rings is 6. The Labute approximate surface area is 809 Å². The molecule has 0 atom stereocenters. The molecule has 0 saturated heterocycles. The molecule has 0 amide bonds. The molecule has 0 unspecified atom stereocenters. The van der Waals surface area contributed by atoms with Gasteiger partial charge in [-0.15, -0.1) is 22.7 Å². The van der Waals surface area contributed by atoms with E-state index in [9.17, 15) is 0 Å². The summed E-state index contributed by atoms with van der Waals surface area (Å²) >= 11 is 0. The van der Waals surface area contributed by atoms with Crippen LogP contribution in [-0.4, -0.2) is 21.4 Å². The van der Waals surface area contributed by atoms with Crippen molar-refractivity contribution in [3.05, 3.63) is 282 Å². The molecule has 0 aliphatic carbocycles. The van der Waals surface area contributed by atoms with Crippen molar-refractivity contribution in [3.8, 4) is 0 Å². The number of pyridine rings is 2. The van der Waals surface area contributed by atoms with Gasteiger partial charge in [0.15, 0.2) is 0 Å². The minimum absolute atomic E-state index is 0. The van der Waals surface area contributed by atoms with Gasteiger partial charge >= 0.3 is 34.1 Å². The molecule has 710 valence electrons. The number of hydrogen-bond acceptors (Lipinski definition) is 4. The summed E-state index contributed by atoms with van der Waals surface area (Å²) in [5.41, 5.74) is 44.0. The molecule has 0 saturated carbocycles. The molecule has 2 N–H and O–H groups in total. The summed E-state index contributed by atoms with van der Waals surface area (Å²) in [6, 6.07) is 47.2. The van der Waals surface area contributed by atoms with E-state index in [0.717, 1.165) is 79.2 Å². The van der Waals surface area contributed by atoms with E-state index >= 15 is 0 Å². The standard InChI is InChI=1S/2C35H53N2.2C12H18N.2C9H13N.C6H14.2Fe/c2*1-22(2)26-17-15-18-27(23(3)4)32(26)36-30(34(9,10)11)21-31(35(12,13)14)37-33-28(24(5)6)19-16-20-29(33)25(7)8;2*1-8(2)10-6-5-7-11(9(3)4)12(10)13;2*1-9(2,3)8-4-6-10-7-5-8;1-3-5-6-4-2;;/h2*15-25H,1-14H3;2*5-9,13H,1-4H3;2*4-7H,1-3H3;3-6H2,1-2H3;;/q4*-1;;;;2*+2/b2*30-21-,37-31?;;;;;;;. The van der Waals surface area contributed by atoms with Gasteiger partial charge in [-0.05, 0) is 150 Å². The second kappa shape index (κ2) is 55.2. The van der Waals surface area contributed by atoms with Crippen LogP contribution in [0.15, 0.2) is 192 Å². The Hall–Kier alpha value is -7.32. The quantitative estimate of drug-likeness (QED) is 0.0359. The Morgan fingerprint density at radius 2 is 0.461 bits per heavy atom. The number of aromatic nitrogens is 2. The summed E-state index contributed by atoms with van der Waals surface area (Å²) in [5, 5.41) is 10.9. The van der Waals surface area contributed by atoms with E-state index < -0.39 is 0 Å². The van der Waals surface area contributed by atoms with Crippen LogP contribution in [0.25, 0.3) is 22.1 Å². The Kier molecular flexibility index (Phi) is 52.1. The number of nitrogens with one attached hydrogen (secondary N) is 2. The molecule has 2 aromatic heterocycles. The summed E-state index contributed by atoms with van der Waals surface area (Å²) in [5.74, 6) is 5.03. The van der Waals surface area contributed by atoms with Crippen molar-refractivity contribution >= 4 is 45.5 Å². The van der Waals surface area contributed by atoms with Crippen molar-refractivity contribution in [1.29, 1.82) is 0 Å². The minimum Gasteiger partial charge on any atom is -0.698 e. The molecule has 128 heavy (non-hydrogen) atoms. The molecule has 0 spiro atoms. The van der Waals surface area contributed by atoms with E-state index in [4.69, 9.17) is 32.1 Å². The van der Waals surface area contributed by atoms with Crippen LogP contribution in [0.1, 0.15) is 479 Å². The molecule has 0 bridgehead atoms. The first-order valence-electron chi connectivity index (χ1n) is 48.2. The fraction of sp³-hybridized carbons (Fsp3) is 0.559. The van der Waals surface area contributed by atoms with Crippen LogP contribution in [0.5, 0.6) is 0 Å². The molecule has 8 nitrogen and oxygen atoms in total. The first-order chi connectivity index (χ1) is 58.1. The summed E-state index contributed by atoms with van der Waals surface area (Å²) in [6.45, 7) is 98.0. The van der Waals surface area contributed by atoms with Crippen LogP contribution >= 0.6 is 0 Å². The maximum atomic E-state index is 8.01. The molecular weight excluding hydrogens is 1640 g/mol. The normalized spacial score (nSPS) is 12.5. The van der Waals surface area contributed by atoms with E-state index in [1.54, 1.807) is 0 Å². The third-order valence-electron chi connectivity index (χ3n) is 22.7. The van der Waals surface area contributed by atoms with Gasteiger partial charge in [0.2, 0.25) is 0 Å². The van der Waals surface area contributed by atoms with Crippen molar-refractivity contribution in [2.75, 3.05) is 0 Å². The summed E-state index contributed by atoms with van der Waals surface area (Å²) in [4.78, 5) is 18.8. The van der Waals surface area contributed by atoms with E-state index in [0.29, 0.717) is 71.0 Å². The molecule has 0 radical (unpaired) electrons. The third kappa shape index (κ3) is 39.6. The number of hydrogen-bond donors (Lipinski definition) is 0. The van der Waals surface area contributed by atoms with Gasteiger partial charge in [-0.3, -0.25) is 20.0 Å². The van der Waals surface area contributed by atoms with Crippen molar-refractivity contribution in [2.24, 2.45) is 31.6 Å². The zero-order valence-electron chi connectivity index (χ0n) is 89.3. The van der Waals surface area contributed by atoms with Gasteiger partial charge in [0.1, 0.15) is 0 Å². The maximum absolute atomic E-state index is 8.01. The zero-order chi connectivity index (χ0) is 96.7. The van der Waals surface area contributed by atoms with Gasteiger partial charge < -0.3 is 22.1 Å². The number of rotatable bonds is 23. The minimum atomic E-state index is -0.136. The summed E-state index contributed by atoms with van der Waals surface area (Å²) in [6.07, 6.45) is 17.4. The number of nitrogens with zero attached hydrogens (tertiary/aromatic N) is 6. The smallest absolute Gasteiger partial charge is 0.698 e. The Balaban J connectivity index is 0.00000162. The van der Waals surface area contributed by atoms with Crippen molar-refractivity contribution in [2.45, 2.75) is 412 Å². The Bertz CT molecular complexity index is 4190. The van der Waals surface area contributed by atoms with Crippen LogP contribution < -0.4 is 0 Å². The van der Waals surface area contributed by atoms with E-state index in [2.05, 4.69) is 460 Å². The second-order valence-corrected chi connectivity index (χ2v) is 44.6. The van der Waals surface area contributed by atoms with Crippen molar-refractivity contribution in [1.82, 2.24) is 9.97 Å². The number of para-hydroxylation sites is 4. The van der Waals surface area contributed by atoms with Crippen LogP contribution in [0.3, 0.4) is 0 Å². The first-order valence-corrected chi connectivity index (χ1v) is 48.2. The molecule has 10 heteroatoms.